The van der Waals surface area contributed by atoms with Gasteiger partial charge in [0.05, 0.1) is 24.3 Å². The van der Waals surface area contributed by atoms with E-state index in [9.17, 15) is 13.9 Å². The van der Waals surface area contributed by atoms with E-state index in [2.05, 4.69) is 4.90 Å². The van der Waals surface area contributed by atoms with Gasteiger partial charge in [0.1, 0.15) is 0 Å². The molecule has 0 amide bonds. The van der Waals surface area contributed by atoms with Gasteiger partial charge in [-0.25, -0.2) is 8.78 Å². The van der Waals surface area contributed by atoms with E-state index in [4.69, 9.17) is 5.26 Å². The smallest absolute Gasteiger partial charge is 0.251 e. The lowest BCUT2D eigenvalue weighted by Crippen LogP contribution is -2.35. The van der Waals surface area contributed by atoms with E-state index in [1.807, 2.05) is 6.07 Å². The molecule has 22 heavy (non-hydrogen) atoms. The van der Waals surface area contributed by atoms with Crippen molar-refractivity contribution in [1.82, 2.24) is 9.80 Å². The highest BCUT2D eigenvalue weighted by Crippen LogP contribution is 2.16. The first-order valence-electron chi connectivity index (χ1n) is 7.49. The minimum atomic E-state index is -2.30. The van der Waals surface area contributed by atoms with Gasteiger partial charge in [0, 0.05) is 19.6 Å². The van der Waals surface area contributed by atoms with Gasteiger partial charge in [-0.1, -0.05) is 12.1 Å². The third-order valence-electron chi connectivity index (χ3n) is 3.93. The summed E-state index contributed by atoms with van der Waals surface area (Å²) in [6, 6.07) is 8.92. The molecule has 0 radical (unpaired) electrons. The molecule has 0 spiro atoms. The van der Waals surface area contributed by atoms with E-state index in [0.717, 1.165) is 18.5 Å². The molecule has 1 saturated heterocycles. The summed E-state index contributed by atoms with van der Waals surface area (Å²) in [7, 11) is 0. The number of alkyl halides is 2. The van der Waals surface area contributed by atoms with Crippen molar-refractivity contribution in [3.63, 3.8) is 0 Å². The molecule has 0 bridgehead atoms. The van der Waals surface area contributed by atoms with Crippen molar-refractivity contribution in [2.75, 3.05) is 39.3 Å². The number of hydrogen-bond donors (Lipinski definition) is 1. The van der Waals surface area contributed by atoms with Crippen molar-refractivity contribution in [1.29, 1.82) is 5.26 Å². The molecule has 0 aromatic heterocycles. The van der Waals surface area contributed by atoms with Gasteiger partial charge in [-0.2, -0.15) is 5.26 Å². The average Bonchev–Trinajstić information content (AvgIpc) is 2.72. The van der Waals surface area contributed by atoms with Crippen LogP contribution in [0.4, 0.5) is 8.78 Å². The molecule has 1 aromatic rings. The Kier molecular flexibility index (Phi) is 6.25. The molecule has 1 aliphatic rings. The zero-order chi connectivity index (χ0) is 15.9. The van der Waals surface area contributed by atoms with Crippen LogP contribution in [0.1, 0.15) is 23.7 Å². The van der Waals surface area contributed by atoms with Crippen molar-refractivity contribution in [2.45, 2.75) is 19.0 Å². The average molecular weight is 309 g/mol. The monoisotopic (exact) mass is 309 g/mol. The normalized spacial score (nSPS) is 18.9. The number of nitriles is 1. The van der Waals surface area contributed by atoms with Gasteiger partial charge in [-0.3, -0.25) is 9.80 Å². The second kappa shape index (κ2) is 8.18. The van der Waals surface area contributed by atoms with E-state index in [-0.39, 0.29) is 6.54 Å². The summed E-state index contributed by atoms with van der Waals surface area (Å²) in [5, 5.41) is 19.0. The first kappa shape index (κ1) is 16.8. The van der Waals surface area contributed by atoms with E-state index in [1.54, 1.807) is 29.2 Å². The van der Waals surface area contributed by atoms with Gasteiger partial charge in [0.15, 0.2) is 0 Å². The maximum atomic E-state index is 12.4. The van der Waals surface area contributed by atoms with Gasteiger partial charge in [-0.05, 0) is 37.2 Å². The van der Waals surface area contributed by atoms with Gasteiger partial charge in [-0.15, -0.1) is 0 Å². The minimum Gasteiger partial charge on any atom is -0.387 e. The summed E-state index contributed by atoms with van der Waals surface area (Å²) < 4.78 is 24.8. The molecule has 4 nitrogen and oxygen atoms in total. The highest BCUT2D eigenvalue weighted by molar-refractivity contribution is 5.32. The number of halogens is 2. The van der Waals surface area contributed by atoms with Crippen LogP contribution in [-0.2, 0) is 0 Å². The molecule has 1 atom stereocenters. The number of rotatable bonds is 5. The molecule has 0 saturated carbocycles. The largest absolute Gasteiger partial charge is 0.387 e. The highest BCUT2D eigenvalue weighted by atomic mass is 19.3. The molecular formula is C16H21F2N3O. The molecule has 6 heteroatoms. The van der Waals surface area contributed by atoms with Crippen molar-refractivity contribution < 1.29 is 13.9 Å². The maximum Gasteiger partial charge on any atom is 0.251 e. The number of hydrogen-bond acceptors (Lipinski definition) is 4. The van der Waals surface area contributed by atoms with Gasteiger partial charge in [0.25, 0.3) is 6.43 Å². The summed E-state index contributed by atoms with van der Waals surface area (Å²) in [6.07, 6.45) is -2.10. The standard InChI is InChI=1S/C16H21F2N3O/c17-16(18)12-21-7-1-6-20(8-9-21)11-15(22)14-4-2-13(10-19)3-5-14/h2-5,15-16,22H,1,6-9,11-12H2. The van der Waals surface area contributed by atoms with Crippen LogP contribution in [0.5, 0.6) is 0 Å². The minimum absolute atomic E-state index is 0.175. The molecule has 0 aliphatic carbocycles. The summed E-state index contributed by atoms with van der Waals surface area (Å²) in [4.78, 5) is 3.88. The van der Waals surface area contributed by atoms with Crippen LogP contribution in [0.15, 0.2) is 24.3 Å². The predicted octanol–water partition coefficient (Wildman–Crippen LogP) is 1.86. The van der Waals surface area contributed by atoms with E-state index >= 15 is 0 Å². The second-order valence-corrected chi connectivity index (χ2v) is 5.60. The molecule has 1 aliphatic heterocycles. The van der Waals surface area contributed by atoms with Crippen molar-refractivity contribution in [2.24, 2.45) is 0 Å². The van der Waals surface area contributed by atoms with Crippen LogP contribution in [0.25, 0.3) is 0 Å². The Labute approximate surface area is 129 Å². The Bertz CT molecular complexity index is 501. The molecule has 2 rings (SSSR count). The third kappa shape index (κ3) is 5.02. The summed E-state index contributed by atoms with van der Waals surface area (Å²) >= 11 is 0. The Morgan fingerprint density at radius 3 is 2.18 bits per heavy atom. The first-order valence-corrected chi connectivity index (χ1v) is 7.49. The maximum absolute atomic E-state index is 12.4. The molecular weight excluding hydrogens is 288 g/mol. The molecule has 120 valence electrons. The van der Waals surface area contributed by atoms with Crippen LogP contribution in [0.2, 0.25) is 0 Å². The second-order valence-electron chi connectivity index (χ2n) is 5.60. The summed E-state index contributed by atoms with van der Waals surface area (Å²) in [5.41, 5.74) is 1.33. The zero-order valence-corrected chi connectivity index (χ0v) is 12.5. The van der Waals surface area contributed by atoms with Crippen LogP contribution < -0.4 is 0 Å². The Balaban J connectivity index is 1.86. The van der Waals surface area contributed by atoms with Crippen LogP contribution in [0.3, 0.4) is 0 Å². The van der Waals surface area contributed by atoms with Gasteiger partial charge < -0.3 is 5.11 Å². The predicted molar refractivity (Wildman–Crippen MR) is 79.6 cm³/mol. The lowest BCUT2D eigenvalue weighted by Gasteiger charge is -2.24. The lowest BCUT2D eigenvalue weighted by atomic mass is 10.1. The number of nitrogens with zero attached hydrogens (tertiary/aromatic N) is 3. The Morgan fingerprint density at radius 2 is 1.64 bits per heavy atom. The van der Waals surface area contributed by atoms with Gasteiger partial charge >= 0.3 is 0 Å². The summed E-state index contributed by atoms with van der Waals surface area (Å²) in [6.45, 7) is 3.06. The fourth-order valence-corrected chi connectivity index (χ4v) is 2.71. The Morgan fingerprint density at radius 1 is 1.05 bits per heavy atom. The lowest BCUT2D eigenvalue weighted by molar-refractivity contribution is 0.0861. The van der Waals surface area contributed by atoms with E-state index in [1.165, 1.54) is 0 Å². The third-order valence-corrected chi connectivity index (χ3v) is 3.93. The van der Waals surface area contributed by atoms with Crippen LogP contribution >= 0.6 is 0 Å². The number of aliphatic hydroxyl groups excluding tert-OH is 1. The van der Waals surface area contributed by atoms with Crippen molar-refractivity contribution in [3.05, 3.63) is 35.4 Å². The van der Waals surface area contributed by atoms with E-state index < -0.39 is 12.5 Å². The molecule has 1 unspecified atom stereocenters. The van der Waals surface area contributed by atoms with Crippen LogP contribution in [-0.4, -0.2) is 60.6 Å². The topological polar surface area (TPSA) is 50.5 Å². The number of benzene rings is 1. The van der Waals surface area contributed by atoms with Crippen LogP contribution in [0, 0.1) is 11.3 Å². The fourth-order valence-electron chi connectivity index (χ4n) is 2.71. The Hall–Kier alpha value is -1.55. The SMILES string of the molecule is N#Cc1ccc(C(O)CN2CCCN(CC(F)F)CC2)cc1. The van der Waals surface area contributed by atoms with Crippen molar-refractivity contribution in [3.8, 4) is 6.07 Å². The highest BCUT2D eigenvalue weighted by Gasteiger charge is 2.20. The molecule has 1 aromatic carbocycles. The summed E-state index contributed by atoms with van der Waals surface area (Å²) in [5.74, 6) is 0. The van der Waals surface area contributed by atoms with Crippen molar-refractivity contribution >= 4 is 0 Å². The number of aliphatic hydroxyl groups is 1. The molecule has 1 heterocycles. The quantitative estimate of drug-likeness (QED) is 0.902. The van der Waals surface area contributed by atoms with E-state index in [0.29, 0.717) is 31.7 Å². The first-order chi connectivity index (χ1) is 10.6. The molecule has 1 N–H and O–H groups in total. The number of β-amino-alcohol motifs (C(OH)–C–C–N with tert-alkyl or cyclic N) is 1. The molecule has 1 fully saturated rings. The fraction of sp³-hybridized carbons (Fsp3) is 0.562. The zero-order valence-electron chi connectivity index (χ0n) is 12.5. The van der Waals surface area contributed by atoms with Gasteiger partial charge in [0.2, 0.25) is 0 Å².